The van der Waals surface area contributed by atoms with Gasteiger partial charge in [0.2, 0.25) is 0 Å². The van der Waals surface area contributed by atoms with Gasteiger partial charge >= 0.3 is 5.97 Å². The maximum atomic E-state index is 13.3. The van der Waals surface area contributed by atoms with E-state index in [1.807, 2.05) is 17.5 Å². The molecule has 1 amide bonds. The van der Waals surface area contributed by atoms with E-state index in [4.69, 9.17) is 4.74 Å². The molecule has 1 heterocycles. The van der Waals surface area contributed by atoms with Gasteiger partial charge in [0.05, 0.1) is 11.6 Å². The molecule has 0 fully saturated rings. The van der Waals surface area contributed by atoms with Crippen LogP contribution in [-0.2, 0) is 26.1 Å². The van der Waals surface area contributed by atoms with Crippen molar-refractivity contribution in [3.05, 3.63) is 93.4 Å². The van der Waals surface area contributed by atoms with Crippen molar-refractivity contribution in [2.24, 2.45) is 0 Å². The Balaban J connectivity index is 1.64. The minimum Gasteiger partial charge on any atom is -0.452 e. The number of hydrogen-bond acceptors (Lipinski definition) is 5. The van der Waals surface area contributed by atoms with Crippen molar-refractivity contribution in [1.29, 1.82) is 0 Å². The number of halogens is 1. The summed E-state index contributed by atoms with van der Waals surface area (Å²) in [7, 11) is -1.03. The smallest absolute Gasteiger partial charge is 0.338 e. The number of rotatable bonds is 8. The first-order chi connectivity index (χ1) is 14.4. The summed E-state index contributed by atoms with van der Waals surface area (Å²) in [6.07, 6.45) is 1.58. The predicted octanol–water partition coefficient (Wildman–Crippen LogP) is 3.83. The fourth-order valence-electron chi connectivity index (χ4n) is 2.87. The molecule has 0 spiro atoms. The number of esters is 1. The molecular formula is C22H20FNO4S2. The van der Waals surface area contributed by atoms with Crippen molar-refractivity contribution >= 4 is 34.0 Å². The van der Waals surface area contributed by atoms with Gasteiger partial charge in [-0.05, 0) is 46.8 Å². The zero-order chi connectivity index (χ0) is 21.5. The molecular weight excluding hydrogens is 425 g/mol. The minimum absolute atomic E-state index is 0.291. The number of thiophene rings is 1. The summed E-state index contributed by atoms with van der Waals surface area (Å²) in [5.41, 5.74) is 1.77. The zero-order valence-electron chi connectivity index (χ0n) is 16.2. The fourth-order valence-corrected chi connectivity index (χ4v) is 4.32. The van der Waals surface area contributed by atoms with Gasteiger partial charge in [-0.1, -0.05) is 30.3 Å². The van der Waals surface area contributed by atoms with E-state index in [1.165, 1.54) is 23.5 Å². The Labute approximate surface area is 180 Å². The van der Waals surface area contributed by atoms with Gasteiger partial charge in [-0.15, -0.1) is 11.3 Å². The molecule has 0 aliphatic heterocycles. The molecule has 1 aromatic heterocycles. The second-order valence-electron chi connectivity index (χ2n) is 6.56. The van der Waals surface area contributed by atoms with Gasteiger partial charge in [0.1, 0.15) is 5.82 Å². The van der Waals surface area contributed by atoms with Crippen LogP contribution in [0, 0.1) is 5.82 Å². The monoisotopic (exact) mass is 445 g/mol. The molecule has 3 rings (SSSR count). The SMILES string of the molecule is CS(=O)Cc1cccc(C(=O)OCC(=O)NC(c2ccc(F)cc2)c2cccs2)c1. The maximum absolute atomic E-state index is 13.3. The Hall–Kier alpha value is -2.84. The highest BCUT2D eigenvalue weighted by atomic mass is 32.2. The Morgan fingerprint density at radius 3 is 2.57 bits per heavy atom. The van der Waals surface area contributed by atoms with Gasteiger partial charge in [0.15, 0.2) is 6.61 Å². The normalized spacial score (nSPS) is 12.7. The molecule has 0 saturated carbocycles. The molecule has 30 heavy (non-hydrogen) atoms. The van der Waals surface area contributed by atoms with Crippen LogP contribution in [0.15, 0.2) is 66.0 Å². The standard InChI is InChI=1S/C22H20FNO4S2/c1-30(27)14-15-4-2-5-17(12-15)22(26)28-13-20(25)24-21(19-6-3-11-29-19)16-7-9-18(23)10-8-16/h2-12,21H,13-14H2,1H3,(H,24,25). The lowest BCUT2D eigenvalue weighted by atomic mass is 10.1. The minimum atomic E-state index is -1.03. The van der Waals surface area contributed by atoms with Crippen molar-refractivity contribution in [2.45, 2.75) is 11.8 Å². The van der Waals surface area contributed by atoms with Crippen LogP contribution in [0.1, 0.15) is 32.4 Å². The average Bonchev–Trinajstić information content (AvgIpc) is 3.25. The van der Waals surface area contributed by atoms with Crippen LogP contribution in [0.2, 0.25) is 0 Å². The van der Waals surface area contributed by atoms with E-state index in [0.717, 1.165) is 16.0 Å². The molecule has 2 unspecified atom stereocenters. The van der Waals surface area contributed by atoms with Gasteiger partial charge in [-0.25, -0.2) is 9.18 Å². The first kappa shape index (κ1) is 21.9. The Bertz CT molecular complexity index is 1040. The van der Waals surface area contributed by atoms with E-state index in [0.29, 0.717) is 11.3 Å². The second kappa shape index (κ2) is 10.3. The van der Waals surface area contributed by atoms with Gasteiger partial charge in [-0.2, -0.15) is 0 Å². The van der Waals surface area contributed by atoms with Crippen LogP contribution < -0.4 is 5.32 Å². The Kier molecular flexibility index (Phi) is 7.48. The molecule has 2 atom stereocenters. The van der Waals surface area contributed by atoms with E-state index in [2.05, 4.69) is 5.32 Å². The summed E-state index contributed by atoms with van der Waals surface area (Å²) in [5.74, 6) is -1.14. The molecule has 5 nitrogen and oxygen atoms in total. The highest BCUT2D eigenvalue weighted by molar-refractivity contribution is 7.83. The van der Waals surface area contributed by atoms with Crippen LogP contribution >= 0.6 is 11.3 Å². The summed E-state index contributed by atoms with van der Waals surface area (Å²) in [6, 6.07) is 15.8. The van der Waals surface area contributed by atoms with Gasteiger partial charge in [-0.3, -0.25) is 9.00 Å². The van der Waals surface area contributed by atoms with Crippen molar-refractivity contribution in [2.75, 3.05) is 12.9 Å². The van der Waals surface area contributed by atoms with Gasteiger partial charge in [0.25, 0.3) is 5.91 Å². The average molecular weight is 446 g/mol. The first-order valence-corrected chi connectivity index (χ1v) is 11.7. The van der Waals surface area contributed by atoms with Crippen LogP contribution in [-0.4, -0.2) is 28.9 Å². The Morgan fingerprint density at radius 1 is 1.13 bits per heavy atom. The zero-order valence-corrected chi connectivity index (χ0v) is 17.8. The lowest BCUT2D eigenvalue weighted by Crippen LogP contribution is -2.32. The van der Waals surface area contributed by atoms with E-state index in [-0.39, 0.29) is 5.82 Å². The molecule has 2 aromatic carbocycles. The number of benzene rings is 2. The number of ether oxygens (including phenoxy) is 1. The third kappa shape index (κ3) is 6.08. The molecule has 3 aromatic rings. The van der Waals surface area contributed by atoms with Crippen LogP contribution in [0.4, 0.5) is 4.39 Å². The number of amides is 1. The molecule has 0 aliphatic carbocycles. The van der Waals surface area contributed by atoms with E-state index in [1.54, 1.807) is 42.7 Å². The maximum Gasteiger partial charge on any atom is 0.338 e. The van der Waals surface area contributed by atoms with Gasteiger partial charge < -0.3 is 10.1 Å². The van der Waals surface area contributed by atoms with Crippen molar-refractivity contribution in [3.63, 3.8) is 0 Å². The third-order valence-electron chi connectivity index (χ3n) is 4.20. The summed E-state index contributed by atoms with van der Waals surface area (Å²) < 4.78 is 29.8. The van der Waals surface area contributed by atoms with E-state index in [9.17, 15) is 18.2 Å². The third-order valence-corrected chi connectivity index (χ3v) is 5.88. The molecule has 0 saturated heterocycles. The second-order valence-corrected chi connectivity index (χ2v) is 8.98. The van der Waals surface area contributed by atoms with Crippen LogP contribution in [0.5, 0.6) is 0 Å². The molecule has 0 bridgehead atoms. The molecule has 0 radical (unpaired) electrons. The van der Waals surface area contributed by atoms with Crippen LogP contribution in [0.25, 0.3) is 0 Å². The quantitative estimate of drug-likeness (QED) is 0.535. The topological polar surface area (TPSA) is 72.5 Å². The largest absolute Gasteiger partial charge is 0.452 e. The highest BCUT2D eigenvalue weighted by Gasteiger charge is 2.19. The number of carbonyl (C=O) groups is 2. The summed E-state index contributed by atoms with van der Waals surface area (Å²) in [6.45, 7) is -0.453. The number of nitrogens with one attached hydrogen (secondary N) is 1. The van der Waals surface area contributed by atoms with Crippen molar-refractivity contribution in [1.82, 2.24) is 5.32 Å². The lowest BCUT2D eigenvalue weighted by molar-refractivity contribution is -0.124. The van der Waals surface area contributed by atoms with Crippen molar-refractivity contribution in [3.8, 4) is 0 Å². The molecule has 156 valence electrons. The fraction of sp³-hybridized carbons (Fsp3) is 0.182. The molecule has 8 heteroatoms. The predicted molar refractivity (Wildman–Crippen MR) is 115 cm³/mol. The lowest BCUT2D eigenvalue weighted by Gasteiger charge is -2.18. The van der Waals surface area contributed by atoms with Crippen molar-refractivity contribution < 1.29 is 22.9 Å². The first-order valence-electron chi connectivity index (χ1n) is 9.06. The Morgan fingerprint density at radius 2 is 1.90 bits per heavy atom. The summed E-state index contributed by atoms with van der Waals surface area (Å²) in [4.78, 5) is 25.6. The van der Waals surface area contributed by atoms with E-state index < -0.39 is 35.3 Å². The molecule has 0 aliphatic rings. The number of carbonyl (C=O) groups excluding carboxylic acids is 2. The molecule has 1 N–H and O–H groups in total. The highest BCUT2D eigenvalue weighted by Crippen LogP contribution is 2.26. The number of hydrogen-bond donors (Lipinski definition) is 1. The summed E-state index contributed by atoms with van der Waals surface area (Å²) >= 11 is 1.46. The van der Waals surface area contributed by atoms with Crippen LogP contribution in [0.3, 0.4) is 0 Å². The van der Waals surface area contributed by atoms with E-state index >= 15 is 0 Å². The summed E-state index contributed by atoms with van der Waals surface area (Å²) in [5, 5.41) is 4.71. The van der Waals surface area contributed by atoms with Gasteiger partial charge in [0, 0.05) is 27.7 Å².